The molecule has 0 aliphatic heterocycles. The van der Waals surface area contributed by atoms with Crippen molar-refractivity contribution >= 4 is 23.3 Å². The van der Waals surface area contributed by atoms with E-state index in [0.29, 0.717) is 28.9 Å². The van der Waals surface area contributed by atoms with Gasteiger partial charge in [0.15, 0.2) is 0 Å². The first-order valence-electron chi connectivity index (χ1n) is 6.89. The lowest BCUT2D eigenvalue weighted by Gasteiger charge is -2.09. The molecule has 0 radical (unpaired) electrons. The highest BCUT2D eigenvalue weighted by Gasteiger charge is 2.12. The van der Waals surface area contributed by atoms with E-state index >= 15 is 0 Å². The Kier molecular flexibility index (Phi) is 4.85. The molecule has 0 aliphatic rings. The summed E-state index contributed by atoms with van der Waals surface area (Å²) >= 11 is 0. The van der Waals surface area contributed by atoms with E-state index in [0.717, 1.165) is 11.1 Å². The second kappa shape index (κ2) is 6.83. The molecule has 120 valence electrons. The maximum atomic E-state index is 11.5. The smallest absolute Gasteiger partial charge is 0.339 e. The average Bonchev–Trinajstić information content (AvgIpc) is 2.54. The Hall–Kier alpha value is -3.02. The van der Waals surface area contributed by atoms with E-state index in [1.54, 1.807) is 36.4 Å². The predicted octanol–water partition coefficient (Wildman–Crippen LogP) is 2.02. The fourth-order valence-corrected chi connectivity index (χ4v) is 2.27. The van der Waals surface area contributed by atoms with Crippen LogP contribution in [0.2, 0.25) is 0 Å². The molecule has 0 fully saturated rings. The molecule has 2 aromatic carbocycles. The normalized spacial score (nSPS) is 10.2. The van der Waals surface area contributed by atoms with Gasteiger partial charge in [0.25, 0.3) is 0 Å². The molecular formula is C17H18N2O4. The topological polar surface area (TPSA) is 105 Å². The van der Waals surface area contributed by atoms with Gasteiger partial charge >= 0.3 is 11.9 Å². The molecule has 23 heavy (non-hydrogen) atoms. The van der Waals surface area contributed by atoms with Gasteiger partial charge in [0, 0.05) is 11.4 Å². The van der Waals surface area contributed by atoms with Crippen LogP contribution < -0.4 is 11.5 Å². The standard InChI is InChI=1S/C17H18N2O4/c1-22-16(20)12-5-3-10(8-14(12)18)7-11-4-6-13(15(19)9-11)17(21)23-2/h3-6,8-9H,7,18-19H2,1-2H3. The number of esters is 2. The molecule has 0 aromatic heterocycles. The van der Waals surface area contributed by atoms with E-state index in [9.17, 15) is 9.59 Å². The molecule has 0 bridgehead atoms. The van der Waals surface area contributed by atoms with Crippen LogP contribution in [0.4, 0.5) is 11.4 Å². The van der Waals surface area contributed by atoms with Crippen LogP contribution in [-0.2, 0) is 15.9 Å². The van der Waals surface area contributed by atoms with Crippen molar-refractivity contribution in [2.45, 2.75) is 6.42 Å². The summed E-state index contributed by atoms with van der Waals surface area (Å²) in [5.74, 6) is -0.943. The third-order valence-corrected chi connectivity index (χ3v) is 3.45. The fourth-order valence-electron chi connectivity index (χ4n) is 2.27. The summed E-state index contributed by atoms with van der Waals surface area (Å²) in [7, 11) is 2.61. The van der Waals surface area contributed by atoms with Crippen molar-refractivity contribution in [3.8, 4) is 0 Å². The number of hydrogen-bond donors (Lipinski definition) is 2. The summed E-state index contributed by atoms with van der Waals surface area (Å²) in [6, 6.07) is 10.3. The molecule has 0 aliphatic carbocycles. The van der Waals surface area contributed by atoms with Crippen molar-refractivity contribution in [3.05, 3.63) is 58.7 Å². The zero-order valence-corrected chi connectivity index (χ0v) is 13.0. The Labute approximate surface area is 134 Å². The van der Waals surface area contributed by atoms with E-state index in [1.165, 1.54) is 14.2 Å². The van der Waals surface area contributed by atoms with Crippen molar-refractivity contribution in [2.24, 2.45) is 0 Å². The van der Waals surface area contributed by atoms with Crippen molar-refractivity contribution in [1.82, 2.24) is 0 Å². The van der Waals surface area contributed by atoms with Crippen molar-refractivity contribution in [3.63, 3.8) is 0 Å². The average molecular weight is 314 g/mol. The summed E-state index contributed by atoms with van der Waals surface area (Å²) in [5, 5.41) is 0. The van der Waals surface area contributed by atoms with Crippen LogP contribution in [0.25, 0.3) is 0 Å². The number of nitrogens with two attached hydrogens (primary N) is 2. The predicted molar refractivity (Wildman–Crippen MR) is 87.2 cm³/mol. The minimum atomic E-state index is -0.472. The summed E-state index contributed by atoms with van der Waals surface area (Å²) < 4.78 is 9.32. The SMILES string of the molecule is COC(=O)c1ccc(Cc2ccc(C(=O)OC)c(N)c2)cc1N. The minimum absolute atomic E-state index is 0.330. The Morgan fingerprint density at radius 3 is 1.52 bits per heavy atom. The fraction of sp³-hybridized carbons (Fsp3) is 0.176. The van der Waals surface area contributed by atoms with E-state index in [1.807, 2.05) is 0 Å². The van der Waals surface area contributed by atoms with Gasteiger partial charge in [0.1, 0.15) is 0 Å². The molecule has 6 nitrogen and oxygen atoms in total. The van der Waals surface area contributed by atoms with Crippen LogP contribution >= 0.6 is 0 Å². The number of ether oxygens (including phenoxy) is 2. The highest BCUT2D eigenvalue weighted by atomic mass is 16.5. The quantitative estimate of drug-likeness (QED) is 0.661. The number of nitrogen functional groups attached to an aromatic ring is 2. The molecule has 4 N–H and O–H groups in total. The van der Waals surface area contributed by atoms with E-state index < -0.39 is 11.9 Å². The van der Waals surface area contributed by atoms with Gasteiger partial charge in [-0.1, -0.05) is 12.1 Å². The molecule has 0 saturated carbocycles. The lowest BCUT2D eigenvalue weighted by Crippen LogP contribution is -2.07. The van der Waals surface area contributed by atoms with Gasteiger partial charge < -0.3 is 20.9 Å². The third-order valence-electron chi connectivity index (χ3n) is 3.45. The van der Waals surface area contributed by atoms with Gasteiger partial charge in [-0.3, -0.25) is 0 Å². The van der Waals surface area contributed by atoms with Crippen LogP contribution in [-0.4, -0.2) is 26.2 Å². The molecule has 6 heteroatoms. The maximum absolute atomic E-state index is 11.5. The molecule has 0 amide bonds. The molecule has 2 rings (SSSR count). The van der Waals surface area contributed by atoms with E-state index in [-0.39, 0.29) is 0 Å². The van der Waals surface area contributed by atoms with Gasteiger partial charge in [-0.25, -0.2) is 9.59 Å². The van der Waals surface area contributed by atoms with Crippen LogP contribution in [0.3, 0.4) is 0 Å². The molecule has 0 atom stereocenters. The van der Waals surface area contributed by atoms with E-state index in [4.69, 9.17) is 11.5 Å². The van der Waals surface area contributed by atoms with Gasteiger partial charge in [-0.15, -0.1) is 0 Å². The monoisotopic (exact) mass is 314 g/mol. The Morgan fingerprint density at radius 2 is 1.22 bits per heavy atom. The van der Waals surface area contributed by atoms with Crippen LogP contribution in [0, 0.1) is 0 Å². The van der Waals surface area contributed by atoms with Crippen molar-refractivity contribution in [1.29, 1.82) is 0 Å². The van der Waals surface area contributed by atoms with Crippen molar-refractivity contribution in [2.75, 3.05) is 25.7 Å². The first kappa shape index (κ1) is 16.4. The van der Waals surface area contributed by atoms with Crippen LogP contribution in [0.1, 0.15) is 31.8 Å². The lowest BCUT2D eigenvalue weighted by atomic mass is 10.0. The second-order valence-corrected chi connectivity index (χ2v) is 5.00. The zero-order valence-electron chi connectivity index (χ0n) is 13.0. The Balaban J connectivity index is 2.23. The van der Waals surface area contributed by atoms with Crippen molar-refractivity contribution < 1.29 is 19.1 Å². The summed E-state index contributed by atoms with van der Waals surface area (Å²) in [6.07, 6.45) is 0.567. The Morgan fingerprint density at radius 1 is 0.826 bits per heavy atom. The molecular weight excluding hydrogens is 296 g/mol. The molecule has 2 aromatic rings. The number of hydrogen-bond acceptors (Lipinski definition) is 6. The first-order valence-corrected chi connectivity index (χ1v) is 6.89. The number of benzene rings is 2. The lowest BCUT2D eigenvalue weighted by molar-refractivity contribution is 0.0593. The van der Waals surface area contributed by atoms with Crippen LogP contribution in [0.5, 0.6) is 0 Å². The number of carbonyl (C=O) groups excluding carboxylic acids is 2. The van der Waals surface area contributed by atoms with Gasteiger partial charge in [-0.2, -0.15) is 0 Å². The molecule has 0 spiro atoms. The highest BCUT2D eigenvalue weighted by molar-refractivity contribution is 5.95. The maximum Gasteiger partial charge on any atom is 0.339 e. The Bertz CT molecular complexity index is 693. The molecule has 0 saturated heterocycles. The number of rotatable bonds is 4. The van der Waals surface area contributed by atoms with Gasteiger partial charge in [0.05, 0.1) is 25.3 Å². The third kappa shape index (κ3) is 3.60. The summed E-state index contributed by atoms with van der Waals surface area (Å²) in [5.41, 5.74) is 15.0. The number of anilines is 2. The first-order chi connectivity index (χ1) is 11.0. The minimum Gasteiger partial charge on any atom is -0.465 e. The van der Waals surface area contributed by atoms with Gasteiger partial charge in [-0.05, 0) is 41.8 Å². The van der Waals surface area contributed by atoms with Gasteiger partial charge in [0.2, 0.25) is 0 Å². The van der Waals surface area contributed by atoms with Crippen LogP contribution in [0.15, 0.2) is 36.4 Å². The molecule has 0 unspecified atom stereocenters. The summed E-state index contributed by atoms with van der Waals surface area (Å²) in [4.78, 5) is 23.0. The highest BCUT2D eigenvalue weighted by Crippen LogP contribution is 2.21. The zero-order chi connectivity index (χ0) is 17.0. The number of methoxy groups -OCH3 is 2. The largest absolute Gasteiger partial charge is 0.465 e. The van der Waals surface area contributed by atoms with E-state index in [2.05, 4.69) is 9.47 Å². The number of carbonyl (C=O) groups is 2. The summed E-state index contributed by atoms with van der Waals surface area (Å²) in [6.45, 7) is 0. The second-order valence-electron chi connectivity index (χ2n) is 5.00. The molecule has 0 heterocycles.